The molecule has 0 aliphatic carbocycles. The summed E-state index contributed by atoms with van der Waals surface area (Å²) in [5.74, 6) is 0. The fourth-order valence-corrected chi connectivity index (χ4v) is 6.08. The Hall–Kier alpha value is -1.64. The van der Waals surface area contributed by atoms with Gasteiger partial charge in [0.1, 0.15) is 8.80 Å². The molecule has 0 spiro atoms. The summed E-state index contributed by atoms with van der Waals surface area (Å²) in [5.41, 5.74) is -5.53. The van der Waals surface area contributed by atoms with Crippen LogP contribution in [0.1, 0.15) is 20.8 Å². The van der Waals surface area contributed by atoms with Gasteiger partial charge in [0, 0.05) is 0 Å². The van der Waals surface area contributed by atoms with Crippen molar-refractivity contribution in [2.24, 2.45) is 0 Å². The second-order valence-corrected chi connectivity index (χ2v) is 11.9. The molecule has 3 nitrogen and oxygen atoms in total. The average Bonchev–Trinajstić information content (AvgIpc) is 2.47. The number of halogens is 3. The molecule has 0 aliphatic heterocycles. The lowest BCUT2D eigenvalue weighted by molar-refractivity contribution is -0.0510. The van der Waals surface area contributed by atoms with Gasteiger partial charge in [-0.1, -0.05) is 91.8 Å². The standard InChI is InChI=1S/C16H20Si.CHF3O3S/c1-16(2,3)17(14-10-6-4-7-11-14)15-12-8-5-9-13-15;2-1(3,4)8(5,6)7/h4-13,17H,1-3H3;(H,5,6,7). The van der Waals surface area contributed by atoms with Crippen LogP contribution in [0.4, 0.5) is 13.2 Å². The molecule has 0 aliphatic rings. The van der Waals surface area contributed by atoms with Crippen LogP contribution in [0.2, 0.25) is 5.04 Å². The number of benzene rings is 2. The third kappa shape index (κ3) is 6.64. The molecule has 8 heteroatoms. The smallest absolute Gasteiger partial charge is 0.279 e. The van der Waals surface area contributed by atoms with Crippen LogP contribution >= 0.6 is 0 Å². The van der Waals surface area contributed by atoms with Crippen molar-refractivity contribution >= 4 is 29.3 Å². The maximum Gasteiger partial charge on any atom is 0.522 e. The van der Waals surface area contributed by atoms with E-state index in [2.05, 4.69) is 81.4 Å². The van der Waals surface area contributed by atoms with Crippen molar-refractivity contribution in [2.75, 3.05) is 0 Å². The van der Waals surface area contributed by atoms with Crippen LogP contribution in [-0.2, 0) is 10.1 Å². The van der Waals surface area contributed by atoms with Crippen molar-refractivity contribution in [3.8, 4) is 0 Å². The van der Waals surface area contributed by atoms with Gasteiger partial charge in [-0.2, -0.15) is 21.6 Å². The molecule has 138 valence electrons. The Bertz CT molecular complexity index is 716. The van der Waals surface area contributed by atoms with E-state index in [0.717, 1.165) is 0 Å². The maximum atomic E-state index is 10.7. The molecule has 0 bridgehead atoms. The molecule has 0 saturated heterocycles. The Labute approximate surface area is 147 Å². The van der Waals surface area contributed by atoms with E-state index in [9.17, 15) is 13.2 Å². The first-order valence-corrected chi connectivity index (χ1v) is 10.6. The van der Waals surface area contributed by atoms with Crippen molar-refractivity contribution in [3.63, 3.8) is 0 Å². The van der Waals surface area contributed by atoms with E-state index in [1.807, 2.05) is 0 Å². The van der Waals surface area contributed by atoms with Crippen LogP contribution in [0.15, 0.2) is 60.7 Å². The lowest BCUT2D eigenvalue weighted by atomic mass is 10.2. The Morgan fingerprint density at radius 2 is 1.08 bits per heavy atom. The molecule has 0 unspecified atom stereocenters. The molecule has 0 saturated carbocycles. The molecule has 1 N–H and O–H groups in total. The van der Waals surface area contributed by atoms with Crippen molar-refractivity contribution in [1.82, 2.24) is 0 Å². The van der Waals surface area contributed by atoms with Gasteiger partial charge in [0.05, 0.1) is 0 Å². The van der Waals surface area contributed by atoms with Gasteiger partial charge in [-0.25, -0.2) is 0 Å². The highest BCUT2D eigenvalue weighted by molar-refractivity contribution is 7.86. The third-order valence-corrected chi connectivity index (χ3v) is 7.84. The summed E-state index contributed by atoms with van der Waals surface area (Å²) in [5, 5.41) is 3.43. The minimum Gasteiger partial charge on any atom is -0.279 e. The van der Waals surface area contributed by atoms with E-state index in [-0.39, 0.29) is 0 Å². The predicted molar refractivity (Wildman–Crippen MR) is 96.6 cm³/mol. The second-order valence-electron chi connectivity index (χ2n) is 6.54. The molecular formula is C17H21F3O3SSi. The number of hydrogen-bond donors (Lipinski definition) is 1. The first-order chi connectivity index (χ1) is 11.3. The minimum absolute atomic E-state index is 0.364. The van der Waals surface area contributed by atoms with Crippen molar-refractivity contribution < 1.29 is 26.1 Å². The molecule has 2 rings (SSSR count). The molecule has 2 aromatic rings. The van der Waals surface area contributed by atoms with Gasteiger partial charge >= 0.3 is 15.6 Å². The van der Waals surface area contributed by atoms with Gasteiger partial charge in [-0.05, 0) is 5.04 Å². The Morgan fingerprint density at radius 3 is 1.28 bits per heavy atom. The fourth-order valence-electron chi connectivity index (χ4n) is 2.48. The normalized spacial score (nSPS) is 12.5. The topological polar surface area (TPSA) is 54.4 Å². The van der Waals surface area contributed by atoms with E-state index in [0.29, 0.717) is 5.04 Å². The summed E-state index contributed by atoms with van der Waals surface area (Å²) in [6.07, 6.45) is 0. The summed E-state index contributed by atoms with van der Waals surface area (Å²) >= 11 is 0. The van der Waals surface area contributed by atoms with Crippen LogP contribution in [0.3, 0.4) is 0 Å². The number of rotatable bonds is 2. The monoisotopic (exact) mass is 390 g/mol. The number of alkyl halides is 3. The van der Waals surface area contributed by atoms with Crippen molar-refractivity contribution in [2.45, 2.75) is 31.3 Å². The molecule has 0 radical (unpaired) electrons. The quantitative estimate of drug-likeness (QED) is 0.487. The minimum atomic E-state index is -5.84. The van der Waals surface area contributed by atoms with Crippen LogP contribution in [0.25, 0.3) is 0 Å². The SMILES string of the molecule is CC(C)(C)[SiH](c1ccccc1)c1ccccc1.O=S(=O)(O)C(F)(F)F. The first-order valence-electron chi connectivity index (χ1n) is 7.47. The predicted octanol–water partition coefficient (Wildman–Crippen LogP) is 3.22. The zero-order valence-corrected chi connectivity index (χ0v) is 16.1. The highest BCUT2D eigenvalue weighted by Crippen LogP contribution is 2.26. The number of hydrogen-bond acceptors (Lipinski definition) is 2. The van der Waals surface area contributed by atoms with Gasteiger partial charge in [-0.15, -0.1) is 0 Å². The summed E-state index contributed by atoms with van der Waals surface area (Å²) < 4.78 is 57.5. The molecule has 0 amide bonds. The van der Waals surface area contributed by atoms with Crippen LogP contribution in [0, 0.1) is 0 Å². The van der Waals surface area contributed by atoms with Crippen LogP contribution in [-0.4, -0.2) is 27.3 Å². The van der Waals surface area contributed by atoms with Crippen molar-refractivity contribution in [1.29, 1.82) is 0 Å². The maximum absolute atomic E-state index is 10.7. The molecule has 0 atom stereocenters. The molecule has 0 aromatic heterocycles. The Kier molecular flexibility index (Phi) is 6.98. The molecule has 25 heavy (non-hydrogen) atoms. The van der Waals surface area contributed by atoms with Crippen LogP contribution < -0.4 is 10.4 Å². The third-order valence-electron chi connectivity index (χ3n) is 3.42. The van der Waals surface area contributed by atoms with Crippen molar-refractivity contribution in [3.05, 3.63) is 60.7 Å². The fraction of sp³-hybridized carbons (Fsp3) is 0.294. The first kappa shape index (κ1) is 21.4. The summed E-state index contributed by atoms with van der Waals surface area (Å²) in [6.45, 7) is 7.09. The second kappa shape index (κ2) is 8.16. The van der Waals surface area contributed by atoms with E-state index < -0.39 is 24.4 Å². The van der Waals surface area contributed by atoms with Gasteiger partial charge in [0.15, 0.2) is 0 Å². The highest BCUT2D eigenvalue weighted by Gasteiger charge is 2.44. The van der Waals surface area contributed by atoms with Crippen LogP contribution in [0.5, 0.6) is 0 Å². The molecule has 0 heterocycles. The van der Waals surface area contributed by atoms with Gasteiger partial charge in [-0.3, -0.25) is 4.55 Å². The Balaban J connectivity index is 0.000000333. The summed E-state index contributed by atoms with van der Waals surface area (Å²) in [4.78, 5) is 0. The van der Waals surface area contributed by atoms with Gasteiger partial charge in [0.25, 0.3) is 0 Å². The molecular weight excluding hydrogens is 369 g/mol. The lowest BCUT2D eigenvalue weighted by Crippen LogP contribution is -2.48. The molecule has 2 aromatic carbocycles. The van der Waals surface area contributed by atoms with E-state index in [1.54, 1.807) is 0 Å². The zero-order chi connectivity index (χ0) is 19.3. The molecule has 0 fully saturated rings. The summed E-state index contributed by atoms with van der Waals surface area (Å²) in [7, 11) is -6.98. The summed E-state index contributed by atoms with van der Waals surface area (Å²) in [6, 6.07) is 22.0. The van der Waals surface area contributed by atoms with E-state index in [4.69, 9.17) is 13.0 Å². The van der Waals surface area contributed by atoms with Gasteiger partial charge < -0.3 is 0 Å². The van der Waals surface area contributed by atoms with E-state index in [1.165, 1.54) is 10.4 Å². The van der Waals surface area contributed by atoms with E-state index >= 15 is 0 Å². The average molecular weight is 390 g/mol. The Morgan fingerprint density at radius 1 is 0.800 bits per heavy atom. The lowest BCUT2D eigenvalue weighted by Gasteiger charge is -2.30. The largest absolute Gasteiger partial charge is 0.522 e. The highest BCUT2D eigenvalue weighted by atomic mass is 32.2. The van der Waals surface area contributed by atoms with Gasteiger partial charge in [0.2, 0.25) is 0 Å². The zero-order valence-electron chi connectivity index (χ0n) is 14.2.